The van der Waals surface area contributed by atoms with E-state index in [1.165, 1.54) is 54.9 Å². The number of benzene rings is 6. The maximum atomic E-state index is 2.49. The minimum absolute atomic E-state index is 0. The fourth-order valence-electron chi connectivity index (χ4n) is 6.94. The Morgan fingerprint density at radius 1 is 0.548 bits per heavy atom. The molecule has 6 aromatic rings. The van der Waals surface area contributed by atoms with Crippen LogP contribution in [-0.4, -0.2) is 3.21 Å². The number of hydrogen-bond donors (Lipinski definition) is 0. The predicted octanol–water partition coefficient (Wildman–Crippen LogP) is 3.00. The van der Waals surface area contributed by atoms with E-state index >= 15 is 0 Å². The van der Waals surface area contributed by atoms with Gasteiger partial charge in [0.1, 0.15) is 0 Å². The van der Waals surface area contributed by atoms with E-state index in [0.29, 0.717) is 3.63 Å². The topological polar surface area (TPSA) is 0 Å². The third-order valence-electron chi connectivity index (χ3n) is 8.57. The van der Waals surface area contributed by atoms with Crippen molar-refractivity contribution in [2.75, 3.05) is 0 Å². The molecule has 0 fully saturated rings. The summed E-state index contributed by atoms with van der Waals surface area (Å²) in [5.74, 6) is 0. The zero-order valence-corrected chi connectivity index (χ0v) is 26.9. The Bertz CT molecular complexity index is 1970. The molecule has 0 bridgehead atoms. The van der Waals surface area contributed by atoms with Crippen molar-refractivity contribution in [1.82, 2.24) is 0 Å². The second-order valence-electron chi connectivity index (χ2n) is 10.8. The van der Waals surface area contributed by atoms with E-state index in [4.69, 9.17) is 0 Å². The molecule has 0 spiro atoms. The second kappa shape index (κ2) is 12.1. The fourth-order valence-corrected chi connectivity index (χ4v) is 15.2. The van der Waals surface area contributed by atoms with E-state index in [-0.39, 0.29) is 24.8 Å². The molecule has 2 aliphatic carbocycles. The van der Waals surface area contributed by atoms with Gasteiger partial charge < -0.3 is 24.8 Å². The summed E-state index contributed by atoms with van der Waals surface area (Å²) in [7, 11) is 0. The average Bonchev–Trinajstić information content (AvgIpc) is 3.69. The Morgan fingerprint density at radius 3 is 1.81 bits per heavy atom. The molecule has 2 aliphatic rings. The molecular weight excluding hydrogens is 631 g/mol. The zero-order valence-electron chi connectivity index (χ0n) is 23.0. The molecule has 0 radical (unpaired) electrons. The number of halogens is 2. The number of rotatable bonds is 4. The van der Waals surface area contributed by atoms with Crippen LogP contribution in [0.4, 0.5) is 0 Å². The van der Waals surface area contributed by atoms with Crippen molar-refractivity contribution < 1.29 is 46.1 Å². The predicted molar refractivity (Wildman–Crippen MR) is 167 cm³/mol. The van der Waals surface area contributed by atoms with Crippen molar-refractivity contribution >= 4 is 28.0 Å². The van der Waals surface area contributed by atoms with Crippen LogP contribution < -0.4 is 28.1 Å². The Hall–Kier alpha value is -3.35. The van der Waals surface area contributed by atoms with Gasteiger partial charge in [0.2, 0.25) is 0 Å². The molecular formula is C39H28Cl2Zr. The van der Waals surface area contributed by atoms with Crippen molar-refractivity contribution in [3.63, 3.8) is 0 Å². The monoisotopic (exact) mass is 656 g/mol. The van der Waals surface area contributed by atoms with Gasteiger partial charge in [-0.3, -0.25) is 0 Å². The minimum Gasteiger partial charge on any atom is -1.00 e. The van der Waals surface area contributed by atoms with Crippen molar-refractivity contribution in [3.8, 4) is 11.1 Å². The third kappa shape index (κ3) is 4.69. The normalized spacial score (nSPS) is 12.7. The van der Waals surface area contributed by atoms with Crippen LogP contribution in [0.5, 0.6) is 0 Å². The van der Waals surface area contributed by atoms with E-state index in [1.54, 1.807) is 6.48 Å². The summed E-state index contributed by atoms with van der Waals surface area (Å²) < 4.78 is 3.66. The van der Waals surface area contributed by atoms with Crippen molar-refractivity contribution in [2.24, 2.45) is 0 Å². The van der Waals surface area contributed by atoms with Crippen LogP contribution in [-0.2, 0) is 27.7 Å². The average molecular weight is 659 g/mol. The zero-order chi connectivity index (χ0) is 26.5. The molecule has 0 amide bonds. The van der Waals surface area contributed by atoms with Gasteiger partial charge in [0.15, 0.2) is 0 Å². The van der Waals surface area contributed by atoms with Gasteiger partial charge in [-0.25, -0.2) is 0 Å². The SMILES string of the molecule is C1=C[CH]([Zr+2](=[C](c2ccccc2)c2ccccc2)[c]2cccc3c2c2c(c4ccccc43)-c3ccccc3C2)C=C1.[Cl-].[Cl-]. The molecule has 8 rings (SSSR count). The molecule has 0 N–H and O–H groups in total. The molecule has 202 valence electrons. The molecule has 0 unspecified atom stereocenters. The van der Waals surface area contributed by atoms with Crippen LogP contribution in [0.3, 0.4) is 0 Å². The van der Waals surface area contributed by atoms with Gasteiger partial charge in [-0.05, 0) is 0 Å². The molecule has 0 atom stereocenters. The van der Waals surface area contributed by atoms with Crippen molar-refractivity contribution in [2.45, 2.75) is 10.0 Å². The van der Waals surface area contributed by atoms with Crippen molar-refractivity contribution in [1.29, 1.82) is 0 Å². The summed E-state index contributed by atoms with van der Waals surface area (Å²) in [5.41, 5.74) is 8.57. The third-order valence-corrected chi connectivity index (χ3v) is 16.4. The van der Waals surface area contributed by atoms with Crippen molar-refractivity contribution in [3.05, 3.63) is 174 Å². The van der Waals surface area contributed by atoms with Gasteiger partial charge in [0.05, 0.1) is 0 Å². The van der Waals surface area contributed by atoms with Gasteiger partial charge in [0.25, 0.3) is 0 Å². The summed E-state index contributed by atoms with van der Waals surface area (Å²) in [6.45, 7) is 0. The summed E-state index contributed by atoms with van der Waals surface area (Å²) in [6, 6.07) is 47.7. The summed E-state index contributed by atoms with van der Waals surface area (Å²) in [5, 5.41) is 5.67. The van der Waals surface area contributed by atoms with E-state index in [0.717, 1.165) is 6.42 Å². The van der Waals surface area contributed by atoms with Crippen LogP contribution in [0.25, 0.3) is 32.7 Å². The molecule has 0 saturated heterocycles. The molecule has 0 heterocycles. The van der Waals surface area contributed by atoms with Gasteiger partial charge in [-0.2, -0.15) is 0 Å². The van der Waals surface area contributed by atoms with E-state index in [1.807, 2.05) is 0 Å². The van der Waals surface area contributed by atoms with E-state index in [2.05, 4.69) is 152 Å². The Morgan fingerprint density at radius 2 is 1.12 bits per heavy atom. The van der Waals surface area contributed by atoms with Crippen LogP contribution in [0.2, 0.25) is 3.63 Å². The molecule has 42 heavy (non-hydrogen) atoms. The minimum atomic E-state index is -2.66. The molecule has 0 saturated carbocycles. The first-order valence-corrected chi connectivity index (χ1v) is 18.0. The molecule has 6 aromatic carbocycles. The van der Waals surface area contributed by atoms with E-state index in [9.17, 15) is 0 Å². The van der Waals surface area contributed by atoms with Crippen LogP contribution in [0.1, 0.15) is 22.3 Å². The van der Waals surface area contributed by atoms with Gasteiger partial charge >= 0.3 is 244 Å². The molecule has 0 aliphatic heterocycles. The largest absolute Gasteiger partial charge is 1.00 e. The first kappa shape index (κ1) is 28.8. The first-order valence-electron chi connectivity index (χ1n) is 14.1. The van der Waals surface area contributed by atoms with Gasteiger partial charge in [-0.1, -0.05) is 0 Å². The summed E-state index contributed by atoms with van der Waals surface area (Å²) in [6.07, 6.45) is 10.5. The molecule has 0 aromatic heterocycles. The number of allylic oxidation sites excluding steroid dienone is 4. The Balaban J connectivity index is 0.00000158. The maximum Gasteiger partial charge on any atom is -1.00 e. The van der Waals surface area contributed by atoms with Crippen LogP contribution >= 0.6 is 0 Å². The standard InChI is InChI=1S/C21H13.C13H10.C5H5.2ClH.Zr/c1-2-8-15-14(7-1)13-20-18-11-4-3-9-16(18)17-10-5-6-12-19(17)21(15)20;1-3-7-12(8-4-1)11-13-9-5-2-6-10-13;1-2-4-5-3-1;;;/h1-10,12H,13H2;1-10H;1-5H;2*1H;/q;;;;;+2/p-2. The second-order valence-corrected chi connectivity index (χ2v) is 17.0. The Labute approximate surface area is 267 Å². The van der Waals surface area contributed by atoms with Gasteiger partial charge in [0, 0.05) is 0 Å². The molecule has 3 heteroatoms. The molecule has 0 nitrogen and oxygen atoms in total. The quantitative estimate of drug-likeness (QED) is 0.256. The van der Waals surface area contributed by atoms with Crippen LogP contribution in [0, 0.1) is 0 Å². The Kier molecular flexibility index (Phi) is 8.29. The smallest absolute Gasteiger partial charge is 1.00 e. The maximum absolute atomic E-state index is 2.66. The number of hydrogen-bond acceptors (Lipinski definition) is 0. The van der Waals surface area contributed by atoms with E-state index < -0.39 is 21.3 Å². The van der Waals surface area contributed by atoms with Gasteiger partial charge in [-0.15, -0.1) is 0 Å². The van der Waals surface area contributed by atoms with Crippen LogP contribution in [0.15, 0.2) is 152 Å². The fraction of sp³-hybridized carbons (Fsp3) is 0.0513. The summed E-state index contributed by atoms with van der Waals surface area (Å²) in [4.78, 5) is 0. The number of fused-ring (bicyclic) bond motifs is 8. The first-order chi connectivity index (χ1) is 19.9. The summed E-state index contributed by atoms with van der Waals surface area (Å²) >= 11 is -2.66.